The van der Waals surface area contributed by atoms with Crippen LogP contribution in [0.5, 0.6) is 0 Å². The minimum Gasteiger partial charge on any atom is -0.465 e. The van der Waals surface area contributed by atoms with Crippen molar-refractivity contribution in [1.29, 1.82) is 0 Å². The normalized spacial score (nSPS) is 21.1. The largest absolute Gasteiger partial charge is 0.465 e. The highest BCUT2D eigenvalue weighted by atomic mass is 32.1. The number of fused-ring (bicyclic) bond motifs is 1. The molecule has 1 atom stereocenters. The summed E-state index contributed by atoms with van der Waals surface area (Å²) in [6, 6.07) is 0. The molecule has 0 aromatic rings. The number of thiocarbonyl (C=S) groups is 1. The first-order chi connectivity index (χ1) is 9.93. The van der Waals surface area contributed by atoms with E-state index in [2.05, 4.69) is 9.73 Å². The van der Waals surface area contributed by atoms with Gasteiger partial charge in [0, 0.05) is 13.1 Å². The van der Waals surface area contributed by atoms with Crippen molar-refractivity contribution in [2.75, 3.05) is 34.3 Å². The summed E-state index contributed by atoms with van der Waals surface area (Å²) in [6.45, 7) is 1.20. The van der Waals surface area contributed by atoms with Crippen LogP contribution < -0.4 is 0 Å². The van der Waals surface area contributed by atoms with Crippen molar-refractivity contribution in [3.63, 3.8) is 0 Å². The maximum atomic E-state index is 12.5. The van der Waals surface area contributed by atoms with Gasteiger partial charge < -0.3 is 9.64 Å². The summed E-state index contributed by atoms with van der Waals surface area (Å²) >= 11 is 5.19. The number of allylic oxidation sites excluding steroid dienone is 1. The summed E-state index contributed by atoms with van der Waals surface area (Å²) in [6.07, 6.45) is 4.81. The molecule has 0 spiro atoms. The Kier molecular flexibility index (Phi) is 4.64. The number of aliphatic imine (C=N–C) groups is 1. The molecule has 2 rings (SSSR count). The summed E-state index contributed by atoms with van der Waals surface area (Å²) < 4.78 is 4.66. The molecule has 1 amide bonds. The molecule has 1 aliphatic carbocycles. The Morgan fingerprint density at radius 1 is 1.52 bits per heavy atom. The molecule has 6 nitrogen and oxygen atoms in total. The highest BCUT2D eigenvalue weighted by molar-refractivity contribution is 7.80. The van der Waals surface area contributed by atoms with Crippen LogP contribution in [0.25, 0.3) is 0 Å². The number of hydrogen-bond donors (Lipinski definition) is 0. The summed E-state index contributed by atoms with van der Waals surface area (Å²) in [5.41, 5.74) is 0.860. The van der Waals surface area contributed by atoms with E-state index in [1.54, 1.807) is 18.2 Å². The van der Waals surface area contributed by atoms with E-state index < -0.39 is 11.9 Å². The number of carbonyl (C=O) groups is 2. The van der Waals surface area contributed by atoms with Crippen LogP contribution in [0.4, 0.5) is 0 Å². The average Bonchev–Trinajstić information content (AvgIpc) is 2.45. The summed E-state index contributed by atoms with van der Waals surface area (Å²) in [5.74, 6) is -1.05. The van der Waals surface area contributed by atoms with Crippen LogP contribution in [0.1, 0.15) is 0 Å². The molecule has 0 saturated heterocycles. The van der Waals surface area contributed by atoms with E-state index in [9.17, 15) is 9.59 Å². The lowest BCUT2D eigenvalue weighted by atomic mass is 9.92. The average molecular weight is 307 g/mol. The monoisotopic (exact) mass is 307 g/mol. The Hall–Kier alpha value is -1.86. The van der Waals surface area contributed by atoms with Crippen molar-refractivity contribution in [3.05, 3.63) is 23.8 Å². The van der Waals surface area contributed by atoms with E-state index in [1.807, 2.05) is 19.0 Å². The zero-order chi connectivity index (χ0) is 15.6. The third kappa shape index (κ3) is 3.25. The van der Waals surface area contributed by atoms with Gasteiger partial charge in [-0.15, -0.1) is 0 Å². The highest BCUT2D eigenvalue weighted by Gasteiger charge is 2.35. The van der Waals surface area contributed by atoms with Gasteiger partial charge in [0.05, 0.1) is 24.3 Å². The summed E-state index contributed by atoms with van der Waals surface area (Å²) in [5, 5.41) is 0.240. The van der Waals surface area contributed by atoms with Gasteiger partial charge in [0.15, 0.2) is 0 Å². The number of methoxy groups -OCH3 is 1. The second-order valence-corrected chi connectivity index (χ2v) is 5.41. The van der Waals surface area contributed by atoms with Crippen LogP contribution in [-0.4, -0.2) is 66.8 Å². The third-order valence-electron chi connectivity index (χ3n) is 3.27. The van der Waals surface area contributed by atoms with E-state index in [-0.39, 0.29) is 11.0 Å². The second kappa shape index (κ2) is 6.28. The predicted molar refractivity (Wildman–Crippen MR) is 83.0 cm³/mol. The molecule has 7 heteroatoms. The molecule has 0 N–H and O–H groups in total. The van der Waals surface area contributed by atoms with Gasteiger partial charge in [-0.25, -0.2) is 9.79 Å². The fourth-order valence-corrected chi connectivity index (χ4v) is 2.38. The van der Waals surface area contributed by atoms with Crippen LogP contribution in [0.2, 0.25) is 0 Å². The van der Waals surface area contributed by atoms with Crippen molar-refractivity contribution < 1.29 is 14.3 Å². The van der Waals surface area contributed by atoms with E-state index in [0.717, 1.165) is 0 Å². The second-order valence-electron chi connectivity index (χ2n) is 5.04. The maximum Gasteiger partial charge on any atom is 0.337 e. The summed E-state index contributed by atoms with van der Waals surface area (Å²) in [4.78, 5) is 31.7. The SMILES string of the molecule is COC(=O)C1=CC2=NC(=S)N(CCN(C)C)C(=O)C2C=C1. The minimum absolute atomic E-state index is 0.108. The molecule has 0 bridgehead atoms. The lowest BCUT2D eigenvalue weighted by molar-refractivity contribution is -0.135. The van der Waals surface area contributed by atoms with Gasteiger partial charge in [-0.2, -0.15) is 0 Å². The molecule has 0 saturated carbocycles. The Bertz CT molecular complexity index is 578. The predicted octanol–water partition coefficient (Wildman–Crippen LogP) is 0.401. The number of esters is 1. The Balaban J connectivity index is 2.23. The van der Waals surface area contributed by atoms with Crippen molar-refractivity contribution >= 4 is 34.9 Å². The van der Waals surface area contributed by atoms with Crippen molar-refractivity contribution in [1.82, 2.24) is 9.80 Å². The first kappa shape index (κ1) is 15.5. The molecule has 0 radical (unpaired) electrons. The van der Waals surface area contributed by atoms with E-state index in [4.69, 9.17) is 12.2 Å². The topological polar surface area (TPSA) is 62.2 Å². The number of rotatable bonds is 4. The van der Waals surface area contributed by atoms with E-state index >= 15 is 0 Å². The molecular formula is C14H17N3O3S. The number of likely N-dealkylation sites (N-methyl/N-ethyl adjacent to an activating group) is 1. The molecule has 0 aromatic heterocycles. The molecular weight excluding hydrogens is 290 g/mol. The van der Waals surface area contributed by atoms with Gasteiger partial charge in [-0.05, 0) is 32.4 Å². The zero-order valence-electron chi connectivity index (χ0n) is 12.2. The van der Waals surface area contributed by atoms with Gasteiger partial charge in [-0.3, -0.25) is 9.69 Å². The Labute approximate surface area is 128 Å². The number of amides is 1. The molecule has 0 aromatic carbocycles. The zero-order valence-corrected chi connectivity index (χ0v) is 13.0. The van der Waals surface area contributed by atoms with Crippen LogP contribution in [0, 0.1) is 5.92 Å². The lowest BCUT2D eigenvalue weighted by Gasteiger charge is -2.31. The maximum absolute atomic E-state index is 12.5. The molecule has 21 heavy (non-hydrogen) atoms. The highest BCUT2D eigenvalue weighted by Crippen LogP contribution is 2.22. The van der Waals surface area contributed by atoms with Crippen LogP contribution in [0.15, 0.2) is 28.8 Å². The quantitative estimate of drug-likeness (QED) is 0.556. The van der Waals surface area contributed by atoms with Crippen LogP contribution in [0.3, 0.4) is 0 Å². The fraction of sp³-hybridized carbons (Fsp3) is 0.429. The van der Waals surface area contributed by atoms with Gasteiger partial charge >= 0.3 is 5.97 Å². The minimum atomic E-state index is -0.479. The first-order valence-corrected chi connectivity index (χ1v) is 6.91. The van der Waals surface area contributed by atoms with Crippen LogP contribution >= 0.6 is 12.2 Å². The standard InChI is InChI=1S/C14H17N3O3S/c1-16(2)6-7-17-12(18)10-5-4-9(13(19)20-3)8-11(10)15-14(17)21/h4-5,8,10H,6-7H2,1-3H3. The molecule has 1 heterocycles. The van der Waals surface area contributed by atoms with Gasteiger partial charge in [0.25, 0.3) is 0 Å². The van der Waals surface area contributed by atoms with E-state index in [1.165, 1.54) is 12.0 Å². The van der Waals surface area contributed by atoms with Gasteiger partial charge in [-0.1, -0.05) is 12.2 Å². The molecule has 112 valence electrons. The molecule has 1 aliphatic heterocycles. The van der Waals surface area contributed by atoms with Crippen molar-refractivity contribution in [2.45, 2.75) is 0 Å². The summed E-state index contributed by atoms with van der Waals surface area (Å²) in [7, 11) is 5.17. The van der Waals surface area contributed by atoms with Crippen molar-refractivity contribution in [2.24, 2.45) is 10.9 Å². The Morgan fingerprint density at radius 2 is 2.24 bits per heavy atom. The van der Waals surface area contributed by atoms with Gasteiger partial charge in [0.2, 0.25) is 11.0 Å². The smallest absolute Gasteiger partial charge is 0.337 e. The molecule has 0 fully saturated rings. The van der Waals surface area contributed by atoms with E-state index in [0.29, 0.717) is 24.4 Å². The molecule has 1 unspecified atom stereocenters. The van der Waals surface area contributed by atoms with Gasteiger partial charge in [0.1, 0.15) is 0 Å². The fourth-order valence-electron chi connectivity index (χ4n) is 2.09. The Morgan fingerprint density at radius 3 is 2.86 bits per heavy atom. The molecule has 2 aliphatic rings. The van der Waals surface area contributed by atoms with Crippen molar-refractivity contribution in [3.8, 4) is 0 Å². The lowest BCUT2D eigenvalue weighted by Crippen LogP contribution is -2.48. The third-order valence-corrected chi connectivity index (χ3v) is 3.58. The first-order valence-electron chi connectivity index (χ1n) is 6.51. The van der Waals surface area contributed by atoms with Crippen LogP contribution in [-0.2, 0) is 14.3 Å². The number of ether oxygens (including phenoxy) is 1. The number of carbonyl (C=O) groups excluding carboxylic acids is 2. The number of nitrogens with zero attached hydrogens (tertiary/aromatic N) is 3. The number of hydrogen-bond acceptors (Lipinski definition) is 5.